The number of nitrogens with two attached hydrogens (primary N) is 1. The lowest BCUT2D eigenvalue weighted by atomic mass is 9.97. The van der Waals surface area contributed by atoms with Gasteiger partial charge in [-0.05, 0) is 26.3 Å². The topological polar surface area (TPSA) is 93.2 Å². The number of nitrogens with zero attached hydrogens (tertiary/aromatic N) is 3. The summed E-state index contributed by atoms with van der Waals surface area (Å²) in [6, 6.07) is 0. The fourth-order valence-corrected chi connectivity index (χ4v) is 2.88. The van der Waals surface area contributed by atoms with E-state index in [1.54, 1.807) is 11.7 Å². The van der Waals surface area contributed by atoms with Gasteiger partial charge >= 0.3 is 0 Å². The summed E-state index contributed by atoms with van der Waals surface area (Å²) in [7, 11) is 1.75. The molecule has 8 heteroatoms. The van der Waals surface area contributed by atoms with Gasteiger partial charge in [-0.3, -0.25) is 14.3 Å². The van der Waals surface area contributed by atoms with Crippen LogP contribution in [-0.4, -0.2) is 52.7 Å². The van der Waals surface area contributed by atoms with Crippen molar-refractivity contribution in [1.82, 2.24) is 20.0 Å². The third kappa shape index (κ3) is 3.78. The van der Waals surface area contributed by atoms with Crippen molar-refractivity contribution >= 4 is 23.4 Å². The van der Waals surface area contributed by atoms with Gasteiger partial charge < -0.3 is 16.0 Å². The smallest absolute Gasteiger partial charge is 0.273 e. The number of amides is 2. The monoisotopic (exact) mass is 327 g/mol. The van der Waals surface area contributed by atoms with Crippen molar-refractivity contribution in [3.8, 4) is 0 Å². The van der Waals surface area contributed by atoms with Crippen LogP contribution >= 0.6 is 11.6 Å². The van der Waals surface area contributed by atoms with Gasteiger partial charge in [-0.15, -0.1) is 0 Å². The summed E-state index contributed by atoms with van der Waals surface area (Å²) in [5, 5.41) is 7.30. The first-order chi connectivity index (χ1) is 10.4. The van der Waals surface area contributed by atoms with Crippen molar-refractivity contribution in [2.45, 2.75) is 19.8 Å². The molecular weight excluding hydrogens is 306 g/mol. The lowest BCUT2D eigenvalue weighted by molar-refractivity contribution is -0.123. The summed E-state index contributed by atoms with van der Waals surface area (Å²) in [6.45, 7) is 4.55. The predicted octanol–water partition coefficient (Wildman–Crippen LogP) is 0.309. The van der Waals surface area contributed by atoms with Gasteiger partial charge in [0.15, 0.2) is 5.69 Å². The fourth-order valence-electron chi connectivity index (χ4n) is 2.63. The molecule has 1 fully saturated rings. The van der Waals surface area contributed by atoms with Gasteiger partial charge in [0.1, 0.15) is 0 Å². The van der Waals surface area contributed by atoms with Gasteiger partial charge in [0.2, 0.25) is 5.91 Å². The molecule has 2 amide bonds. The second-order valence-corrected chi connectivity index (χ2v) is 6.05. The number of likely N-dealkylation sites (tertiary alicyclic amines) is 1. The van der Waals surface area contributed by atoms with Crippen LogP contribution in [0.2, 0.25) is 5.02 Å². The van der Waals surface area contributed by atoms with E-state index >= 15 is 0 Å². The normalized spacial score (nSPS) is 19.1. The van der Waals surface area contributed by atoms with Crippen LogP contribution in [0.15, 0.2) is 0 Å². The Kier molecular flexibility index (Phi) is 5.42. The summed E-state index contributed by atoms with van der Waals surface area (Å²) >= 11 is 6.08. The highest BCUT2D eigenvalue weighted by atomic mass is 35.5. The van der Waals surface area contributed by atoms with Crippen LogP contribution in [0.25, 0.3) is 0 Å². The van der Waals surface area contributed by atoms with Gasteiger partial charge in [-0.2, -0.15) is 5.10 Å². The van der Waals surface area contributed by atoms with Crippen LogP contribution in [0.3, 0.4) is 0 Å². The number of aromatic nitrogens is 2. The largest absolute Gasteiger partial charge is 0.369 e. The quantitative estimate of drug-likeness (QED) is 0.814. The first kappa shape index (κ1) is 16.8. The Morgan fingerprint density at radius 2 is 2.23 bits per heavy atom. The van der Waals surface area contributed by atoms with E-state index < -0.39 is 0 Å². The van der Waals surface area contributed by atoms with Crippen molar-refractivity contribution in [2.24, 2.45) is 18.7 Å². The predicted molar refractivity (Wildman–Crippen MR) is 83.6 cm³/mol. The molecule has 1 aromatic rings. The highest BCUT2D eigenvalue weighted by Gasteiger charge is 2.24. The maximum Gasteiger partial charge on any atom is 0.273 e. The maximum atomic E-state index is 12.1. The number of aryl methyl sites for hydroxylation is 1. The third-order valence-electron chi connectivity index (χ3n) is 4.10. The van der Waals surface area contributed by atoms with Gasteiger partial charge in [-0.1, -0.05) is 11.6 Å². The molecule has 1 atom stereocenters. The van der Waals surface area contributed by atoms with Crippen molar-refractivity contribution in [2.75, 3.05) is 26.2 Å². The average molecular weight is 328 g/mol. The zero-order chi connectivity index (χ0) is 16.3. The molecule has 0 radical (unpaired) electrons. The minimum atomic E-state index is -0.280. The zero-order valence-electron chi connectivity index (χ0n) is 12.9. The van der Waals surface area contributed by atoms with E-state index in [2.05, 4.69) is 15.3 Å². The van der Waals surface area contributed by atoms with E-state index in [0.717, 1.165) is 25.1 Å². The molecule has 0 aromatic carbocycles. The fraction of sp³-hybridized carbons (Fsp3) is 0.643. The van der Waals surface area contributed by atoms with Crippen molar-refractivity contribution < 1.29 is 9.59 Å². The molecule has 122 valence electrons. The van der Waals surface area contributed by atoms with Crippen molar-refractivity contribution in [1.29, 1.82) is 0 Å². The van der Waals surface area contributed by atoms with Crippen LogP contribution in [0.4, 0.5) is 0 Å². The van der Waals surface area contributed by atoms with Crippen LogP contribution in [0, 0.1) is 12.8 Å². The Hall–Kier alpha value is -1.60. The first-order valence-electron chi connectivity index (χ1n) is 7.39. The molecule has 2 heterocycles. The van der Waals surface area contributed by atoms with E-state index in [1.807, 2.05) is 6.92 Å². The Morgan fingerprint density at radius 1 is 1.50 bits per heavy atom. The van der Waals surface area contributed by atoms with Crippen LogP contribution in [-0.2, 0) is 11.8 Å². The second kappa shape index (κ2) is 7.11. The Balaban J connectivity index is 1.82. The molecule has 0 aliphatic carbocycles. The number of halogens is 1. The molecule has 1 saturated heterocycles. The summed E-state index contributed by atoms with van der Waals surface area (Å²) < 4.78 is 1.58. The lowest BCUT2D eigenvalue weighted by Crippen LogP contribution is -2.44. The molecule has 22 heavy (non-hydrogen) atoms. The molecular formula is C14H22ClN5O2. The van der Waals surface area contributed by atoms with Crippen LogP contribution < -0.4 is 11.1 Å². The highest BCUT2D eigenvalue weighted by Crippen LogP contribution is 2.19. The van der Waals surface area contributed by atoms with Crippen LogP contribution in [0.1, 0.15) is 29.0 Å². The molecule has 1 aliphatic heterocycles. The Morgan fingerprint density at radius 3 is 2.82 bits per heavy atom. The van der Waals surface area contributed by atoms with E-state index in [-0.39, 0.29) is 23.4 Å². The van der Waals surface area contributed by atoms with Gasteiger partial charge in [0, 0.05) is 26.7 Å². The number of hydrogen-bond donors (Lipinski definition) is 2. The number of piperidine rings is 1. The number of hydrogen-bond acceptors (Lipinski definition) is 4. The van der Waals surface area contributed by atoms with E-state index in [4.69, 9.17) is 17.3 Å². The molecule has 0 saturated carbocycles. The van der Waals surface area contributed by atoms with Crippen molar-refractivity contribution in [3.05, 3.63) is 16.4 Å². The molecule has 1 unspecified atom stereocenters. The molecule has 0 spiro atoms. The Labute approximate surface area is 134 Å². The third-order valence-corrected chi connectivity index (χ3v) is 4.55. The Bertz CT molecular complexity index is 572. The van der Waals surface area contributed by atoms with Gasteiger partial charge in [0.05, 0.1) is 16.6 Å². The van der Waals surface area contributed by atoms with Crippen LogP contribution in [0.5, 0.6) is 0 Å². The minimum Gasteiger partial charge on any atom is -0.369 e. The van der Waals surface area contributed by atoms with E-state index in [0.29, 0.717) is 24.7 Å². The summed E-state index contributed by atoms with van der Waals surface area (Å²) in [5.41, 5.74) is 6.36. The standard InChI is InChI=1S/C14H22ClN5O2/c1-9-11(15)12(18-19(9)2)14(22)17-5-7-20-6-3-4-10(8-20)13(16)21/h10H,3-8H2,1-2H3,(H2,16,21)(H,17,22). The molecule has 0 bridgehead atoms. The number of carbonyl (C=O) groups is 2. The molecule has 3 N–H and O–H groups in total. The number of primary amides is 1. The van der Waals surface area contributed by atoms with E-state index in [1.165, 1.54) is 0 Å². The zero-order valence-corrected chi connectivity index (χ0v) is 13.7. The number of nitrogens with one attached hydrogen (secondary N) is 1. The summed E-state index contributed by atoms with van der Waals surface area (Å²) in [5.74, 6) is -0.612. The van der Waals surface area contributed by atoms with E-state index in [9.17, 15) is 9.59 Å². The summed E-state index contributed by atoms with van der Waals surface area (Å²) in [4.78, 5) is 25.5. The van der Waals surface area contributed by atoms with Crippen molar-refractivity contribution in [3.63, 3.8) is 0 Å². The molecule has 1 aromatic heterocycles. The number of carbonyl (C=O) groups excluding carboxylic acids is 2. The maximum absolute atomic E-state index is 12.1. The molecule has 1 aliphatic rings. The lowest BCUT2D eigenvalue weighted by Gasteiger charge is -2.30. The SMILES string of the molecule is Cc1c(Cl)c(C(=O)NCCN2CCCC(C(N)=O)C2)nn1C. The molecule has 2 rings (SSSR count). The second-order valence-electron chi connectivity index (χ2n) is 5.67. The minimum absolute atomic E-state index is 0.0858. The summed E-state index contributed by atoms with van der Waals surface area (Å²) in [6.07, 6.45) is 1.80. The first-order valence-corrected chi connectivity index (χ1v) is 7.77. The van der Waals surface area contributed by atoms with Gasteiger partial charge in [0.25, 0.3) is 5.91 Å². The average Bonchev–Trinajstić information content (AvgIpc) is 2.75. The number of rotatable bonds is 5. The highest BCUT2D eigenvalue weighted by molar-refractivity contribution is 6.34. The molecule has 7 nitrogen and oxygen atoms in total. The van der Waals surface area contributed by atoms with Gasteiger partial charge in [-0.25, -0.2) is 0 Å².